The smallest absolute Gasteiger partial charge is 0.161 e. The van der Waals surface area contributed by atoms with Crippen LogP contribution in [0.3, 0.4) is 0 Å². The number of rotatable bonds is 12. The molecule has 31 heavy (non-hydrogen) atoms. The Labute approximate surface area is 193 Å². The zero-order valence-electron chi connectivity index (χ0n) is 19.5. The first-order valence-corrected chi connectivity index (χ1v) is 11.9. The molecule has 1 saturated heterocycles. The number of hydrogen-bond donors (Lipinski definition) is 3. The van der Waals surface area contributed by atoms with Gasteiger partial charge in [0, 0.05) is 30.2 Å². The molecule has 1 aromatic carbocycles. The fourth-order valence-electron chi connectivity index (χ4n) is 3.76. The van der Waals surface area contributed by atoms with Gasteiger partial charge < -0.3 is 16.3 Å². The van der Waals surface area contributed by atoms with E-state index in [1.54, 1.807) is 6.26 Å². The average molecular weight is 453 g/mol. The summed E-state index contributed by atoms with van der Waals surface area (Å²) in [6.45, 7) is 10.4. The molecule has 0 radical (unpaired) electrons. The molecule has 0 aliphatic carbocycles. The Kier molecular flexibility index (Phi) is 11.3. The summed E-state index contributed by atoms with van der Waals surface area (Å²) in [6.07, 6.45) is 8.76. The van der Waals surface area contributed by atoms with Gasteiger partial charge >= 0.3 is 0 Å². The number of benzene rings is 1. The number of halogens is 1. The Morgan fingerprint density at radius 3 is 2.77 bits per heavy atom. The molecule has 0 spiro atoms. The van der Waals surface area contributed by atoms with Gasteiger partial charge in [-0.05, 0) is 80.7 Å². The topological polar surface area (TPSA) is 85.8 Å². The van der Waals surface area contributed by atoms with Crippen molar-refractivity contribution in [1.29, 1.82) is 0 Å². The maximum atomic E-state index is 6.17. The largest absolute Gasteiger partial charge is 0.414 e. The molecule has 5 N–H and O–H groups in total. The van der Waals surface area contributed by atoms with Crippen molar-refractivity contribution in [2.24, 2.45) is 23.3 Å². The van der Waals surface area contributed by atoms with Crippen LogP contribution in [0.15, 0.2) is 24.5 Å². The van der Waals surface area contributed by atoms with Gasteiger partial charge in [0.05, 0.1) is 0 Å². The van der Waals surface area contributed by atoms with Crippen molar-refractivity contribution in [3.63, 3.8) is 0 Å². The van der Waals surface area contributed by atoms with E-state index >= 15 is 0 Å². The van der Waals surface area contributed by atoms with Gasteiger partial charge in [-0.3, -0.25) is 4.84 Å². The van der Waals surface area contributed by atoms with Crippen LogP contribution in [0.25, 0.3) is 6.08 Å². The molecule has 0 amide bonds. The summed E-state index contributed by atoms with van der Waals surface area (Å²) < 4.78 is 0. The molecule has 7 heteroatoms. The van der Waals surface area contributed by atoms with Crippen molar-refractivity contribution in [2.75, 3.05) is 13.1 Å². The summed E-state index contributed by atoms with van der Waals surface area (Å²) in [4.78, 5) is 11.5. The lowest BCUT2D eigenvalue weighted by Crippen LogP contribution is -2.44. The predicted molar refractivity (Wildman–Crippen MR) is 129 cm³/mol. The molecule has 0 aromatic heterocycles. The van der Waals surface area contributed by atoms with Crippen molar-refractivity contribution >= 4 is 17.7 Å². The summed E-state index contributed by atoms with van der Waals surface area (Å²) in [5.41, 5.74) is 17.3. The molecule has 176 valence electrons. The molecule has 4 unspecified atom stereocenters. The van der Waals surface area contributed by atoms with Crippen LogP contribution in [0.5, 0.6) is 0 Å². The van der Waals surface area contributed by atoms with E-state index in [9.17, 15) is 0 Å². The van der Waals surface area contributed by atoms with E-state index in [0.29, 0.717) is 16.9 Å². The molecule has 1 heterocycles. The van der Waals surface area contributed by atoms with E-state index in [4.69, 9.17) is 32.7 Å². The number of nitrogens with zero attached hydrogens (tertiary/aromatic N) is 1. The van der Waals surface area contributed by atoms with Crippen LogP contribution in [-0.2, 0) is 9.68 Å². The van der Waals surface area contributed by atoms with E-state index in [2.05, 4.69) is 24.4 Å². The van der Waals surface area contributed by atoms with Gasteiger partial charge in [0.15, 0.2) is 6.23 Å². The Morgan fingerprint density at radius 1 is 1.26 bits per heavy atom. The molecule has 1 fully saturated rings. The van der Waals surface area contributed by atoms with Gasteiger partial charge in [0.1, 0.15) is 6.26 Å². The van der Waals surface area contributed by atoms with E-state index in [1.165, 1.54) is 0 Å². The van der Waals surface area contributed by atoms with Crippen LogP contribution in [0, 0.1) is 18.8 Å². The second kappa shape index (κ2) is 13.4. The van der Waals surface area contributed by atoms with Crippen LogP contribution in [0.1, 0.15) is 64.0 Å². The zero-order valence-corrected chi connectivity index (χ0v) is 20.3. The number of hydrogen-bond acceptors (Lipinski definition) is 6. The van der Waals surface area contributed by atoms with E-state index in [-0.39, 0.29) is 18.3 Å². The maximum Gasteiger partial charge on any atom is 0.161 e. The van der Waals surface area contributed by atoms with Gasteiger partial charge in [-0.25, -0.2) is 0 Å². The summed E-state index contributed by atoms with van der Waals surface area (Å²) in [5.74, 6) is 1.07. The molecule has 1 aliphatic rings. The lowest BCUT2D eigenvalue weighted by molar-refractivity contribution is -0.253. The third-order valence-electron chi connectivity index (χ3n) is 6.16. The van der Waals surface area contributed by atoms with Crippen molar-refractivity contribution in [3.05, 3.63) is 40.6 Å². The van der Waals surface area contributed by atoms with Crippen LogP contribution in [0.4, 0.5) is 0 Å². The van der Waals surface area contributed by atoms with Gasteiger partial charge in [-0.2, -0.15) is 5.06 Å². The molecule has 5 atom stereocenters. The first-order valence-electron chi connectivity index (χ1n) is 11.5. The maximum absolute atomic E-state index is 6.17. The van der Waals surface area contributed by atoms with Gasteiger partial charge in [-0.1, -0.05) is 37.9 Å². The van der Waals surface area contributed by atoms with E-state index in [1.807, 2.05) is 38.1 Å². The van der Waals surface area contributed by atoms with Crippen LogP contribution < -0.4 is 16.9 Å². The normalized spacial score (nSPS) is 21.7. The fourth-order valence-corrected chi connectivity index (χ4v) is 3.94. The van der Waals surface area contributed by atoms with E-state index < -0.39 is 0 Å². The van der Waals surface area contributed by atoms with E-state index in [0.717, 1.165) is 56.3 Å². The molecule has 2 rings (SSSR count). The SMILES string of the molecule is Cc1ccc(Cl)cc1/C=C/ON[C@H]1CCCN(CCC(C)CCC(C)C(N)C(C)N)O1. The van der Waals surface area contributed by atoms with Gasteiger partial charge in [0.2, 0.25) is 0 Å². The highest BCUT2D eigenvalue weighted by atomic mass is 35.5. The molecule has 6 nitrogen and oxygen atoms in total. The number of nitrogens with one attached hydrogen (secondary N) is 1. The lowest BCUT2D eigenvalue weighted by Gasteiger charge is -2.32. The number of nitrogens with two attached hydrogens (primary N) is 2. The fraction of sp³-hybridized carbons (Fsp3) is 0.667. The number of hydroxylamine groups is 3. The Balaban J connectivity index is 1.66. The lowest BCUT2D eigenvalue weighted by atomic mass is 9.89. The Bertz CT molecular complexity index is 686. The second-order valence-electron chi connectivity index (χ2n) is 9.09. The standard InChI is InChI=1S/C24H41ClN4O2/c1-17(7-8-19(3)24(27)20(4)26)11-14-29-13-5-6-23(31-29)28-30-15-12-21-16-22(25)10-9-18(21)2/h9-10,12,15-17,19-20,23-24,28H,5-8,11,13-14,26-27H2,1-4H3/b15-12+/t17?,19?,20?,23-,24?/m1/s1. The predicted octanol–water partition coefficient (Wildman–Crippen LogP) is 4.61. The summed E-state index contributed by atoms with van der Waals surface area (Å²) >= 11 is 6.05. The highest BCUT2D eigenvalue weighted by Gasteiger charge is 2.22. The van der Waals surface area contributed by atoms with Crippen molar-refractivity contribution < 1.29 is 9.68 Å². The molecule has 1 aromatic rings. The summed E-state index contributed by atoms with van der Waals surface area (Å²) in [6, 6.07) is 5.91. The van der Waals surface area contributed by atoms with Gasteiger partial charge in [0.25, 0.3) is 0 Å². The van der Waals surface area contributed by atoms with Crippen LogP contribution in [0.2, 0.25) is 5.02 Å². The minimum atomic E-state index is -0.141. The second-order valence-corrected chi connectivity index (χ2v) is 9.53. The minimum absolute atomic E-state index is 0.0445. The molecular weight excluding hydrogens is 412 g/mol. The quantitative estimate of drug-likeness (QED) is 0.317. The number of aryl methyl sites for hydroxylation is 1. The minimum Gasteiger partial charge on any atom is -0.414 e. The van der Waals surface area contributed by atoms with Crippen molar-refractivity contribution in [1.82, 2.24) is 10.5 Å². The van der Waals surface area contributed by atoms with Crippen molar-refractivity contribution in [2.45, 2.75) is 78.1 Å². The summed E-state index contributed by atoms with van der Waals surface area (Å²) in [5, 5.41) is 2.77. The third kappa shape index (κ3) is 9.48. The highest BCUT2D eigenvalue weighted by Crippen LogP contribution is 2.20. The molecule has 0 saturated carbocycles. The highest BCUT2D eigenvalue weighted by molar-refractivity contribution is 6.30. The monoisotopic (exact) mass is 452 g/mol. The molecule has 0 bridgehead atoms. The zero-order chi connectivity index (χ0) is 22.8. The molecular formula is C24H41ClN4O2. The average Bonchev–Trinajstić information content (AvgIpc) is 2.75. The van der Waals surface area contributed by atoms with Crippen molar-refractivity contribution in [3.8, 4) is 0 Å². The Morgan fingerprint density at radius 2 is 2.03 bits per heavy atom. The van der Waals surface area contributed by atoms with Crippen LogP contribution in [-0.4, -0.2) is 36.5 Å². The Hall–Kier alpha value is -1.15. The first kappa shape index (κ1) is 26.1. The third-order valence-corrected chi connectivity index (χ3v) is 6.39. The molecule has 1 aliphatic heterocycles. The van der Waals surface area contributed by atoms with Crippen LogP contribution >= 0.6 is 11.6 Å². The first-order chi connectivity index (χ1) is 14.8. The van der Waals surface area contributed by atoms with Gasteiger partial charge in [-0.15, -0.1) is 5.48 Å². The summed E-state index contributed by atoms with van der Waals surface area (Å²) in [7, 11) is 0.